The van der Waals surface area contributed by atoms with Gasteiger partial charge in [-0.15, -0.1) is 0 Å². The third-order valence-electron chi connectivity index (χ3n) is 2.50. The monoisotopic (exact) mass is 214 g/mol. The molecule has 1 rings (SSSR count). The van der Waals surface area contributed by atoms with Crippen LogP contribution in [-0.2, 0) is 19.1 Å². The predicted octanol–water partition coefficient (Wildman–Crippen LogP) is -0.114. The summed E-state index contributed by atoms with van der Waals surface area (Å²) in [4.78, 5) is 22.8. The van der Waals surface area contributed by atoms with E-state index in [4.69, 9.17) is 0 Å². The van der Waals surface area contributed by atoms with Crippen molar-refractivity contribution in [2.24, 2.45) is 11.8 Å². The summed E-state index contributed by atoms with van der Waals surface area (Å²) in [6.45, 7) is 0. The van der Waals surface area contributed by atoms with Gasteiger partial charge in [-0.1, -0.05) is 12.2 Å². The molecule has 15 heavy (non-hydrogen) atoms. The summed E-state index contributed by atoms with van der Waals surface area (Å²) in [5, 5.41) is 9.59. The van der Waals surface area contributed by atoms with Crippen molar-refractivity contribution in [3.8, 4) is 0 Å². The number of aliphatic hydroxyl groups is 1. The van der Waals surface area contributed by atoms with E-state index in [2.05, 4.69) is 9.47 Å². The Kier molecular flexibility index (Phi) is 3.85. The second-order valence-corrected chi connectivity index (χ2v) is 3.33. The van der Waals surface area contributed by atoms with Crippen molar-refractivity contribution in [2.75, 3.05) is 14.2 Å². The Bertz CT molecular complexity index is 284. The summed E-state index contributed by atoms with van der Waals surface area (Å²) in [7, 11) is 2.48. The third-order valence-corrected chi connectivity index (χ3v) is 2.50. The molecule has 0 aliphatic heterocycles. The van der Waals surface area contributed by atoms with Crippen molar-refractivity contribution in [1.29, 1.82) is 0 Å². The second kappa shape index (κ2) is 4.93. The molecule has 0 bridgehead atoms. The topological polar surface area (TPSA) is 72.8 Å². The zero-order valence-corrected chi connectivity index (χ0v) is 8.67. The van der Waals surface area contributed by atoms with E-state index in [0.29, 0.717) is 6.42 Å². The normalized spacial score (nSPS) is 29.7. The number of esters is 2. The molecule has 0 amide bonds. The lowest BCUT2D eigenvalue weighted by atomic mass is 9.81. The van der Waals surface area contributed by atoms with Crippen molar-refractivity contribution in [3.63, 3.8) is 0 Å². The molecule has 0 aromatic heterocycles. The Labute approximate surface area is 87.7 Å². The van der Waals surface area contributed by atoms with Crippen LogP contribution < -0.4 is 0 Å². The number of ether oxygens (including phenoxy) is 2. The van der Waals surface area contributed by atoms with Crippen LogP contribution in [0.5, 0.6) is 0 Å². The second-order valence-electron chi connectivity index (χ2n) is 3.33. The molecule has 0 fully saturated rings. The summed E-state index contributed by atoms with van der Waals surface area (Å²) in [5.74, 6) is -2.63. The van der Waals surface area contributed by atoms with Gasteiger partial charge in [-0.2, -0.15) is 0 Å². The Morgan fingerprint density at radius 1 is 1.27 bits per heavy atom. The van der Waals surface area contributed by atoms with Crippen molar-refractivity contribution < 1.29 is 24.2 Å². The summed E-state index contributed by atoms with van der Waals surface area (Å²) < 4.78 is 9.12. The summed E-state index contributed by atoms with van der Waals surface area (Å²) in [6, 6.07) is 0. The molecular weight excluding hydrogens is 200 g/mol. The van der Waals surface area contributed by atoms with E-state index in [9.17, 15) is 14.7 Å². The van der Waals surface area contributed by atoms with Crippen LogP contribution in [0.1, 0.15) is 6.42 Å². The van der Waals surface area contributed by atoms with Gasteiger partial charge in [0, 0.05) is 0 Å². The Balaban J connectivity index is 2.89. The SMILES string of the molecule is COC(=O)[C@H]1[C@H](O)C=CC[C@@H]1C(=O)OC. The van der Waals surface area contributed by atoms with Crippen LogP contribution in [0.15, 0.2) is 12.2 Å². The Morgan fingerprint density at radius 2 is 1.87 bits per heavy atom. The molecule has 5 nitrogen and oxygen atoms in total. The molecule has 0 aromatic carbocycles. The number of hydrogen-bond donors (Lipinski definition) is 1. The highest BCUT2D eigenvalue weighted by atomic mass is 16.5. The van der Waals surface area contributed by atoms with E-state index in [-0.39, 0.29) is 0 Å². The van der Waals surface area contributed by atoms with Crippen LogP contribution in [0.4, 0.5) is 0 Å². The minimum atomic E-state index is -0.990. The van der Waals surface area contributed by atoms with E-state index in [1.165, 1.54) is 20.3 Å². The lowest BCUT2D eigenvalue weighted by Gasteiger charge is -2.27. The standard InChI is InChI=1S/C10H14O5/c1-14-9(12)6-4-3-5-7(11)8(6)10(13)15-2/h3,5-8,11H,4H2,1-2H3/t6-,7+,8+/m0/s1. The molecule has 1 aliphatic rings. The van der Waals surface area contributed by atoms with Gasteiger partial charge in [0.25, 0.3) is 0 Å². The van der Waals surface area contributed by atoms with E-state index in [1.807, 2.05) is 0 Å². The number of carbonyl (C=O) groups excluding carboxylic acids is 2. The average molecular weight is 214 g/mol. The van der Waals surface area contributed by atoms with Crippen molar-refractivity contribution in [1.82, 2.24) is 0 Å². The summed E-state index contributed by atoms with van der Waals surface area (Å²) in [5.41, 5.74) is 0. The molecule has 0 heterocycles. The van der Waals surface area contributed by atoms with Crippen LogP contribution in [0.3, 0.4) is 0 Å². The van der Waals surface area contributed by atoms with E-state index < -0.39 is 29.9 Å². The molecule has 1 N–H and O–H groups in total. The van der Waals surface area contributed by atoms with Crippen molar-refractivity contribution in [3.05, 3.63) is 12.2 Å². The molecule has 1 aliphatic carbocycles. The maximum Gasteiger partial charge on any atom is 0.312 e. The first-order valence-corrected chi connectivity index (χ1v) is 4.62. The largest absolute Gasteiger partial charge is 0.469 e. The first kappa shape index (κ1) is 11.7. The smallest absolute Gasteiger partial charge is 0.312 e. The molecule has 3 atom stereocenters. The molecule has 0 saturated carbocycles. The van der Waals surface area contributed by atoms with E-state index in [0.717, 1.165) is 0 Å². The van der Waals surface area contributed by atoms with Gasteiger partial charge in [0.05, 0.1) is 32.2 Å². The molecule has 0 spiro atoms. The van der Waals surface area contributed by atoms with Crippen LogP contribution in [-0.4, -0.2) is 37.4 Å². The number of rotatable bonds is 2. The fourth-order valence-electron chi connectivity index (χ4n) is 1.70. The highest BCUT2D eigenvalue weighted by Gasteiger charge is 2.40. The number of aliphatic hydroxyl groups excluding tert-OH is 1. The van der Waals surface area contributed by atoms with Gasteiger partial charge in [-0.25, -0.2) is 0 Å². The van der Waals surface area contributed by atoms with Crippen LogP contribution >= 0.6 is 0 Å². The van der Waals surface area contributed by atoms with Gasteiger partial charge in [0.15, 0.2) is 0 Å². The Hall–Kier alpha value is -1.36. The van der Waals surface area contributed by atoms with Crippen LogP contribution in [0.25, 0.3) is 0 Å². The Morgan fingerprint density at radius 3 is 2.40 bits per heavy atom. The van der Waals surface area contributed by atoms with Crippen molar-refractivity contribution in [2.45, 2.75) is 12.5 Å². The summed E-state index contributed by atoms with van der Waals surface area (Å²) >= 11 is 0. The quantitative estimate of drug-likeness (QED) is 0.512. The first-order chi connectivity index (χ1) is 7.11. The predicted molar refractivity (Wildman–Crippen MR) is 50.8 cm³/mol. The fourth-order valence-corrected chi connectivity index (χ4v) is 1.70. The van der Waals surface area contributed by atoms with Gasteiger partial charge in [-0.3, -0.25) is 9.59 Å². The maximum absolute atomic E-state index is 11.4. The van der Waals surface area contributed by atoms with E-state index in [1.54, 1.807) is 6.08 Å². The lowest BCUT2D eigenvalue weighted by Crippen LogP contribution is -2.40. The van der Waals surface area contributed by atoms with Crippen molar-refractivity contribution >= 4 is 11.9 Å². The zero-order valence-electron chi connectivity index (χ0n) is 8.67. The fraction of sp³-hybridized carbons (Fsp3) is 0.600. The third kappa shape index (κ3) is 2.36. The number of allylic oxidation sites excluding steroid dienone is 1. The van der Waals surface area contributed by atoms with Gasteiger partial charge in [0.1, 0.15) is 0 Å². The number of hydrogen-bond acceptors (Lipinski definition) is 5. The highest BCUT2D eigenvalue weighted by molar-refractivity contribution is 5.83. The number of carbonyl (C=O) groups is 2. The zero-order chi connectivity index (χ0) is 11.4. The van der Waals surface area contributed by atoms with Gasteiger partial charge < -0.3 is 14.6 Å². The molecule has 5 heteroatoms. The summed E-state index contributed by atoms with van der Waals surface area (Å²) in [6.07, 6.45) is 2.53. The number of methoxy groups -OCH3 is 2. The van der Waals surface area contributed by atoms with Crippen LogP contribution in [0, 0.1) is 11.8 Å². The molecule has 0 unspecified atom stereocenters. The lowest BCUT2D eigenvalue weighted by molar-refractivity contribution is -0.161. The first-order valence-electron chi connectivity index (χ1n) is 4.62. The molecule has 0 saturated heterocycles. The maximum atomic E-state index is 11.4. The van der Waals surface area contributed by atoms with Crippen LogP contribution in [0.2, 0.25) is 0 Å². The minimum Gasteiger partial charge on any atom is -0.469 e. The van der Waals surface area contributed by atoms with Gasteiger partial charge in [-0.05, 0) is 6.42 Å². The molecular formula is C10H14O5. The van der Waals surface area contributed by atoms with Gasteiger partial charge in [0.2, 0.25) is 0 Å². The molecule has 84 valence electrons. The average Bonchev–Trinajstić information content (AvgIpc) is 2.26. The molecule has 0 aromatic rings. The molecule has 0 radical (unpaired) electrons. The minimum absolute atomic E-state index is 0.378. The van der Waals surface area contributed by atoms with Gasteiger partial charge >= 0.3 is 11.9 Å². The highest BCUT2D eigenvalue weighted by Crippen LogP contribution is 2.28. The van der Waals surface area contributed by atoms with E-state index >= 15 is 0 Å².